The van der Waals surface area contributed by atoms with E-state index in [4.69, 9.17) is 18.0 Å². The van der Waals surface area contributed by atoms with Crippen LogP contribution in [0.3, 0.4) is 0 Å². The number of benzene rings is 2. The third-order valence-corrected chi connectivity index (χ3v) is 7.61. The number of terminal acetylenes is 1. The van der Waals surface area contributed by atoms with Crippen LogP contribution in [0.2, 0.25) is 5.02 Å². The van der Waals surface area contributed by atoms with Gasteiger partial charge in [0, 0.05) is 29.5 Å². The molecule has 1 aliphatic rings. The number of Topliss-reactive ketones (excluding diaryl/α,β-unsaturated/α-hetero) is 1. The molecular formula is C41H54ClFNNaO. The number of carbonyl (C=O) groups is 1. The van der Waals surface area contributed by atoms with E-state index in [2.05, 4.69) is 50.4 Å². The number of hydrogen-bond donors (Lipinski definition) is 0. The topological polar surface area (TPSA) is 29.4 Å². The Labute approximate surface area is 307 Å². The number of aliphatic imine (C=N–C) groups is 1. The number of rotatable bonds is 10. The average Bonchev–Trinajstić information content (AvgIpc) is 3.23. The van der Waals surface area contributed by atoms with Crippen LogP contribution in [0, 0.1) is 38.9 Å². The van der Waals surface area contributed by atoms with Gasteiger partial charge in [-0.3, -0.25) is 9.79 Å². The molecule has 0 radical (unpaired) electrons. The van der Waals surface area contributed by atoms with Crippen LogP contribution in [-0.2, 0) is 6.42 Å². The minimum Gasteiger partial charge on any atom is -0.343 e. The number of aryl methyl sites for hydroxylation is 2. The summed E-state index contributed by atoms with van der Waals surface area (Å²) in [5, 5.41) is 0.532. The van der Waals surface area contributed by atoms with Crippen LogP contribution in [0.5, 0.6) is 0 Å². The van der Waals surface area contributed by atoms with Crippen molar-refractivity contribution < 1.29 is 38.7 Å². The molecule has 244 valence electrons. The van der Waals surface area contributed by atoms with Crippen molar-refractivity contribution in [1.29, 1.82) is 0 Å². The monoisotopic (exact) mass is 653 g/mol. The molecule has 0 unspecified atom stereocenters. The third-order valence-electron chi connectivity index (χ3n) is 7.30. The van der Waals surface area contributed by atoms with E-state index in [1.807, 2.05) is 64.2 Å². The number of hydrogen-bond acceptors (Lipinski definition) is 2. The molecule has 2 aromatic carbocycles. The van der Waals surface area contributed by atoms with Crippen LogP contribution in [0.1, 0.15) is 119 Å². The molecule has 1 aliphatic heterocycles. The van der Waals surface area contributed by atoms with Gasteiger partial charge in [-0.25, -0.2) is 4.39 Å². The zero-order valence-electron chi connectivity index (χ0n) is 29.7. The minimum atomic E-state index is -0.0874. The van der Waals surface area contributed by atoms with Crippen molar-refractivity contribution in [3.05, 3.63) is 119 Å². The Hall–Kier alpha value is -2.48. The number of allylic oxidation sites excluding steroid dienone is 6. The van der Waals surface area contributed by atoms with Gasteiger partial charge in [0.1, 0.15) is 5.82 Å². The first kappa shape index (κ1) is 45.6. The van der Waals surface area contributed by atoms with E-state index in [9.17, 15) is 9.18 Å². The van der Waals surface area contributed by atoms with E-state index in [1.165, 1.54) is 38.2 Å². The molecule has 2 aromatic rings. The molecule has 0 saturated heterocycles. The SMILES string of the molecule is C#CCC=C.C/C=C(\C)c1ccc(C)c(C)c1F.CC(=O)c1ccc(CCC2=NC=CCC=C2C)cc1Cl.[CH2-]CCCCCC.[Na+]. The van der Waals surface area contributed by atoms with Gasteiger partial charge < -0.3 is 6.92 Å². The fourth-order valence-corrected chi connectivity index (χ4v) is 4.46. The molecule has 0 spiro atoms. The van der Waals surface area contributed by atoms with E-state index in [0.717, 1.165) is 53.7 Å². The number of unbranched alkanes of at least 4 members (excludes halogenated alkanes) is 4. The Morgan fingerprint density at radius 1 is 1.11 bits per heavy atom. The first-order valence-corrected chi connectivity index (χ1v) is 16.3. The van der Waals surface area contributed by atoms with Crippen LogP contribution >= 0.6 is 11.6 Å². The smallest absolute Gasteiger partial charge is 0.343 e. The van der Waals surface area contributed by atoms with E-state index in [0.29, 0.717) is 22.6 Å². The summed E-state index contributed by atoms with van der Waals surface area (Å²) in [5.41, 5.74) is 7.52. The Balaban J connectivity index is 0. The van der Waals surface area contributed by atoms with Crippen molar-refractivity contribution in [2.24, 2.45) is 4.99 Å². The maximum atomic E-state index is 13.7. The second-order valence-electron chi connectivity index (χ2n) is 10.9. The van der Waals surface area contributed by atoms with Gasteiger partial charge in [-0.15, -0.1) is 18.9 Å². The minimum absolute atomic E-state index is 0. The van der Waals surface area contributed by atoms with Crippen LogP contribution in [0.25, 0.3) is 5.57 Å². The summed E-state index contributed by atoms with van der Waals surface area (Å²) in [6.07, 6.45) is 24.4. The normalized spacial score (nSPS) is 11.7. The Bertz CT molecular complexity index is 1370. The summed E-state index contributed by atoms with van der Waals surface area (Å²) < 4.78 is 13.7. The molecule has 46 heavy (non-hydrogen) atoms. The van der Waals surface area contributed by atoms with Crippen molar-refractivity contribution in [3.8, 4) is 12.3 Å². The molecule has 0 aromatic heterocycles. The molecule has 2 nitrogen and oxygen atoms in total. The van der Waals surface area contributed by atoms with Crippen molar-refractivity contribution in [2.75, 3.05) is 0 Å². The summed E-state index contributed by atoms with van der Waals surface area (Å²) in [6.45, 7) is 20.6. The third kappa shape index (κ3) is 18.6. The van der Waals surface area contributed by atoms with Crippen molar-refractivity contribution in [1.82, 2.24) is 0 Å². The van der Waals surface area contributed by atoms with Crippen LogP contribution in [0.4, 0.5) is 4.39 Å². The molecule has 5 heteroatoms. The summed E-state index contributed by atoms with van der Waals surface area (Å²) in [5.74, 6) is 2.31. The zero-order valence-corrected chi connectivity index (χ0v) is 32.5. The van der Waals surface area contributed by atoms with Gasteiger partial charge in [-0.1, -0.05) is 86.7 Å². The van der Waals surface area contributed by atoms with Gasteiger partial charge in [0.15, 0.2) is 5.78 Å². The molecule has 3 rings (SSSR count). The number of ketones is 1. The van der Waals surface area contributed by atoms with E-state index in [-0.39, 0.29) is 41.2 Å². The maximum Gasteiger partial charge on any atom is 1.00 e. The molecule has 0 amide bonds. The van der Waals surface area contributed by atoms with Crippen LogP contribution in [0.15, 0.2) is 78.0 Å². The molecule has 0 saturated carbocycles. The second kappa shape index (κ2) is 27.6. The summed E-state index contributed by atoms with van der Waals surface area (Å²) in [4.78, 5) is 15.8. The predicted octanol–water partition coefficient (Wildman–Crippen LogP) is 9.64. The number of carbonyl (C=O) groups excluding carboxylic acids is 1. The quantitative estimate of drug-likeness (QED) is 0.0627. The number of nitrogens with zero attached hydrogens (tertiary/aromatic N) is 1. The van der Waals surface area contributed by atoms with Gasteiger partial charge in [0.05, 0.1) is 5.02 Å². The molecule has 0 N–H and O–H groups in total. The molecule has 0 fully saturated rings. The van der Waals surface area contributed by atoms with Crippen LogP contribution < -0.4 is 29.6 Å². The van der Waals surface area contributed by atoms with Gasteiger partial charge >= 0.3 is 29.6 Å². The fraction of sp³-hybridized carbons (Fsp3) is 0.390. The average molecular weight is 654 g/mol. The molecule has 0 aliphatic carbocycles. The largest absolute Gasteiger partial charge is 1.00 e. The first-order chi connectivity index (χ1) is 21.5. The molecule has 0 atom stereocenters. The molecular weight excluding hydrogens is 600 g/mol. The predicted molar refractivity (Wildman–Crippen MR) is 198 cm³/mol. The van der Waals surface area contributed by atoms with Gasteiger partial charge in [0.25, 0.3) is 0 Å². The molecule has 0 bridgehead atoms. The Morgan fingerprint density at radius 3 is 2.30 bits per heavy atom. The number of halogens is 2. The maximum absolute atomic E-state index is 13.7. The van der Waals surface area contributed by atoms with Crippen molar-refractivity contribution >= 4 is 28.7 Å². The standard InChI is InChI=1S/C17H18ClNO.C12H15F.C7H15.C5H6.Na/c1-12-5-3-4-10-19-17(12)9-7-14-6-8-15(13(2)20)16(18)11-14;1-5-8(2)11-7-6-9(3)10(4)12(11)13;1-3-5-7-6-4-2;1-3-5-4-2;/h4-6,8,10-11H,3,7,9H2,1-2H3;5-7H,1-4H3;1,3-7H2,2H3;1,4H,2,5H2;/q;;-1;;+1/b;8-5+;;;. The Kier molecular flexibility index (Phi) is 27.4. The van der Waals surface area contributed by atoms with E-state index >= 15 is 0 Å². The first-order valence-electron chi connectivity index (χ1n) is 15.9. The second-order valence-corrected chi connectivity index (χ2v) is 11.3. The van der Waals surface area contributed by atoms with Gasteiger partial charge in [-0.05, 0) is 101 Å². The van der Waals surface area contributed by atoms with Crippen molar-refractivity contribution in [2.45, 2.75) is 106 Å². The zero-order chi connectivity index (χ0) is 34.2. The van der Waals surface area contributed by atoms with E-state index in [1.54, 1.807) is 12.1 Å². The van der Waals surface area contributed by atoms with Gasteiger partial charge in [0.2, 0.25) is 0 Å². The van der Waals surface area contributed by atoms with Crippen molar-refractivity contribution in [3.63, 3.8) is 0 Å². The van der Waals surface area contributed by atoms with Crippen LogP contribution in [-0.4, -0.2) is 11.5 Å². The molecule has 1 heterocycles. The summed E-state index contributed by atoms with van der Waals surface area (Å²) in [6, 6.07) is 9.45. The van der Waals surface area contributed by atoms with Gasteiger partial charge in [-0.2, -0.15) is 6.42 Å². The van der Waals surface area contributed by atoms with E-state index < -0.39 is 0 Å². The fourth-order valence-electron chi connectivity index (χ4n) is 4.12. The Morgan fingerprint density at radius 2 is 1.78 bits per heavy atom. The summed E-state index contributed by atoms with van der Waals surface area (Å²) >= 11 is 6.13. The summed E-state index contributed by atoms with van der Waals surface area (Å²) in [7, 11) is 0.